The molecule has 12 rings (SSSR count). The number of rotatable bonds is 11. The topological polar surface area (TPSA) is 47.5 Å². The Morgan fingerprint density at radius 3 is 1.51 bits per heavy atom. The maximum atomic E-state index is 4.77. The van der Waals surface area contributed by atoms with Gasteiger partial charge < -0.3 is 13.8 Å². The van der Waals surface area contributed by atoms with Crippen LogP contribution in [0, 0.1) is 18.2 Å². The Morgan fingerprint density at radius 1 is 0.373 bits per heavy atom. The van der Waals surface area contributed by atoms with Crippen LogP contribution in [0.2, 0.25) is 0 Å². The van der Waals surface area contributed by atoms with Gasteiger partial charge in [-0.1, -0.05) is 139 Å². The minimum atomic E-state index is 0. The van der Waals surface area contributed by atoms with E-state index in [1.54, 1.807) is 0 Å². The summed E-state index contributed by atoms with van der Waals surface area (Å²) in [5.74, 6) is 0. The molecule has 5 aromatic heterocycles. The van der Waals surface area contributed by atoms with Gasteiger partial charge in [0.1, 0.15) is 0 Å². The monoisotopic (exact) mass is 1040 g/mol. The number of fused-ring (bicyclic) bond motifs is 6. The molecule has 7 aromatic carbocycles. The molecule has 0 atom stereocenters. The summed E-state index contributed by atoms with van der Waals surface area (Å²) in [6, 6.07) is 69.8. The van der Waals surface area contributed by atoms with Crippen LogP contribution in [-0.2, 0) is 45.8 Å². The Bertz CT molecular complexity index is 3570. The largest absolute Gasteiger partial charge is 3.00 e. The maximum absolute atomic E-state index is 4.77. The summed E-state index contributed by atoms with van der Waals surface area (Å²) < 4.78 is 4.10. The summed E-state index contributed by atoms with van der Waals surface area (Å²) in [6.07, 6.45) is 17.3. The van der Waals surface area contributed by atoms with Gasteiger partial charge in [-0.25, -0.2) is 0 Å². The van der Waals surface area contributed by atoms with E-state index in [9.17, 15) is 0 Å². The summed E-state index contributed by atoms with van der Waals surface area (Å²) in [6.45, 7) is 0. The van der Waals surface area contributed by atoms with Crippen molar-refractivity contribution < 1.29 is 20.1 Å². The van der Waals surface area contributed by atoms with Crippen molar-refractivity contribution in [2.24, 2.45) is 0 Å². The van der Waals surface area contributed by atoms with Crippen molar-refractivity contribution in [3.8, 4) is 55.8 Å². The number of aryl methyl sites for hydroxylation is 4. The molecular formula is C61H42IrN5. The van der Waals surface area contributed by atoms with E-state index in [2.05, 4.69) is 198 Å². The van der Waals surface area contributed by atoms with Crippen LogP contribution >= 0.6 is 0 Å². The third-order valence-electron chi connectivity index (χ3n) is 12.9. The van der Waals surface area contributed by atoms with Crippen molar-refractivity contribution in [2.45, 2.75) is 25.7 Å². The fraction of sp³-hybridized carbons (Fsp3) is 0.0656. The molecule has 0 bridgehead atoms. The molecule has 67 heavy (non-hydrogen) atoms. The summed E-state index contributed by atoms with van der Waals surface area (Å²) in [4.78, 5) is 13.9. The quantitative estimate of drug-likeness (QED) is 0.121. The molecule has 0 spiro atoms. The molecule has 5 heterocycles. The molecule has 5 nitrogen and oxygen atoms in total. The molecule has 0 fully saturated rings. The molecular weight excluding hydrogens is 995 g/mol. The van der Waals surface area contributed by atoms with Crippen LogP contribution in [0.25, 0.3) is 88.6 Å². The average Bonchev–Trinajstić information content (AvgIpc) is 4.09. The Morgan fingerprint density at radius 2 is 0.910 bits per heavy atom. The number of pyridine rings is 3. The zero-order valence-electron chi connectivity index (χ0n) is 36.5. The molecule has 0 N–H and O–H groups in total. The summed E-state index contributed by atoms with van der Waals surface area (Å²) in [5, 5.41) is 4.42. The molecule has 12 aromatic rings. The Hall–Kier alpha value is -7.76. The SMILES string of the molecule is [Ir+3].[c-]1cc(-c2ccccc2-c2cc(CCc3c[c-]c4c(ccn5ccnc45)c3)cc(CCc3c[c-]c4c(ccn5ccnc45)c3)c2)ccc1-c1cc(-c2ccc(-c3ccccc3)cc2)ccn1. The van der Waals surface area contributed by atoms with Gasteiger partial charge in [0.2, 0.25) is 0 Å². The second kappa shape index (κ2) is 18.3. The first-order valence-corrected chi connectivity index (χ1v) is 22.5. The zero-order chi connectivity index (χ0) is 43.8. The predicted octanol–water partition coefficient (Wildman–Crippen LogP) is 14.0. The normalized spacial score (nSPS) is 11.4. The van der Waals surface area contributed by atoms with Gasteiger partial charge in [0.05, 0.1) is 11.3 Å². The standard InChI is InChI=1S/C61H42N5.Ir/c1-2-6-46(7-3-1)47-16-18-48(19-17-47)51-26-29-62-59(41-51)50-22-20-49(21-23-50)55-8-4-5-9-56(55)54-39-44(12-10-42-14-24-57-52(37-42)27-32-65-34-30-63-60(57)65)36-45(40-54)13-11-43-15-25-58-53(38-43)28-33-66-35-31-64-61(58)66;/h1-9,14-22,26-41H,10-13H2;/q-3;+3. The zero-order valence-corrected chi connectivity index (χ0v) is 38.9. The molecule has 0 aliphatic rings. The first-order chi connectivity index (χ1) is 32.6. The molecule has 0 radical (unpaired) electrons. The Kier molecular flexibility index (Phi) is 11.4. The minimum absolute atomic E-state index is 0. The van der Waals surface area contributed by atoms with Gasteiger partial charge in [0, 0.05) is 31.0 Å². The van der Waals surface area contributed by atoms with E-state index >= 15 is 0 Å². The van der Waals surface area contributed by atoms with Crippen LogP contribution in [-0.4, -0.2) is 23.8 Å². The van der Waals surface area contributed by atoms with Crippen LogP contribution in [0.1, 0.15) is 22.3 Å². The fourth-order valence-corrected chi connectivity index (χ4v) is 9.40. The molecule has 0 saturated carbocycles. The predicted molar refractivity (Wildman–Crippen MR) is 268 cm³/mol. The van der Waals surface area contributed by atoms with E-state index in [4.69, 9.17) is 4.98 Å². The van der Waals surface area contributed by atoms with Crippen LogP contribution in [0.4, 0.5) is 0 Å². The van der Waals surface area contributed by atoms with Gasteiger partial charge in [-0.2, -0.15) is 0 Å². The molecule has 0 aliphatic heterocycles. The Balaban J connectivity index is 0.00000494. The van der Waals surface area contributed by atoms with Gasteiger partial charge in [-0.15, -0.1) is 98.9 Å². The third kappa shape index (κ3) is 8.50. The summed E-state index contributed by atoms with van der Waals surface area (Å²) in [5.41, 5.74) is 18.3. The fourth-order valence-electron chi connectivity index (χ4n) is 9.40. The summed E-state index contributed by atoms with van der Waals surface area (Å²) >= 11 is 0. The first kappa shape index (κ1) is 41.9. The number of aromatic nitrogens is 5. The minimum Gasteiger partial charge on any atom is -0.347 e. The van der Waals surface area contributed by atoms with Crippen molar-refractivity contribution in [3.63, 3.8) is 0 Å². The van der Waals surface area contributed by atoms with E-state index in [1.165, 1.54) is 50.1 Å². The van der Waals surface area contributed by atoms with Crippen LogP contribution in [0.3, 0.4) is 0 Å². The van der Waals surface area contributed by atoms with Gasteiger partial charge in [0.25, 0.3) is 0 Å². The van der Waals surface area contributed by atoms with Crippen LogP contribution in [0.15, 0.2) is 207 Å². The van der Waals surface area contributed by atoms with E-state index in [0.29, 0.717) is 0 Å². The van der Waals surface area contributed by atoms with Gasteiger partial charge in [-0.05, 0) is 81.5 Å². The summed E-state index contributed by atoms with van der Waals surface area (Å²) in [7, 11) is 0. The van der Waals surface area contributed by atoms with Gasteiger partial charge in [0.15, 0.2) is 0 Å². The molecule has 0 aliphatic carbocycles. The van der Waals surface area contributed by atoms with Crippen molar-refractivity contribution in [1.82, 2.24) is 23.8 Å². The number of imidazole rings is 2. The van der Waals surface area contributed by atoms with Crippen molar-refractivity contribution in [2.75, 3.05) is 0 Å². The van der Waals surface area contributed by atoms with E-state index in [-0.39, 0.29) is 20.1 Å². The van der Waals surface area contributed by atoms with E-state index < -0.39 is 0 Å². The second-order valence-electron chi connectivity index (χ2n) is 17.1. The number of hydrogen-bond acceptors (Lipinski definition) is 3. The average molecular weight is 1040 g/mol. The molecule has 6 heteroatoms. The van der Waals surface area contributed by atoms with Crippen molar-refractivity contribution in [3.05, 3.63) is 248 Å². The number of hydrogen-bond donors (Lipinski definition) is 0. The third-order valence-corrected chi connectivity index (χ3v) is 12.9. The number of nitrogens with zero attached hydrogens (tertiary/aromatic N) is 5. The first-order valence-electron chi connectivity index (χ1n) is 22.5. The van der Waals surface area contributed by atoms with Crippen molar-refractivity contribution in [1.29, 1.82) is 0 Å². The molecule has 0 unspecified atom stereocenters. The van der Waals surface area contributed by atoms with Crippen molar-refractivity contribution >= 4 is 32.8 Å². The second-order valence-corrected chi connectivity index (χ2v) is 17.1. The maximum Gasteiger partial charge on any atom is 3.00 e. The van der Waals surface area contributed by atoms with Gasteiger partial charge >= 0.3 is 20.1 Å². The van der Waals surface area contributed by atoms with E-state index in [0.717, 1.165) is 86.5 Å². The van der Waals surface area contributed by atoms with E-state index in [1.807, 2.05) is 45.9 Å². The molecule has 0 amide bonds. The number of benzene rings is 7. The molecule has 320 valence electrons. The van der Waals surface area contributed by atoms with Crippen LogP contribution in [0.5, 0.6) is 0 Å². The van der Waals surface area contributed by atoms with Crippen LogP contribution < -0.4 is 0 Å². The molecule has 0 saturated heterocycles. The Labute approximate surface area is 403 Å². The smallest absolute Gasteiger partial charge is 0.347 e. The van der Waals surface area contributed by atoms with Gasteiger partial charge in [-0.3, -0.25) is 9.97 Å².